The molecule has 0 aromatic heterocycles. The van der Waals surface area contributed by atoms with Gasteiger partial charge in [-0.25, -0.2) is 0 Å². The molecule has 170 valence electrons. The normalized spacial score (nSPS) is 27.7. The minimum absolute atomic E-state index is 0.134. The highest BCUT2D eigenvalue weighted by Gasteiger charge is 2.70. The quantitative estimate of drug-likeness (QED) is 0.574. The van der Waals surface area contributed by atoms with Crippen molar-refractivity contribution in [1.29, 1.82) is 0 Å². The standard InChI is InChI=1S/C25H26N4O4/c1-2-14-8-9-17-16(12-14)25(24(33)27-17)21-20(18(28-25)13-19(26)30)22(31)29(23(21)32)11-10-15-6-4-3-5-7-15/h3-9,12,18,20-21,28H,2,10-11,13H2,1H3,(H2,26,30)(H,27,33)/t18-,20+,21+,25-/m0/s1. The molecule has 2 aromatic rings. The minimum atomic E-state index is -1.40. The number of rotatable bonds is 6. The number of fused-ring (bicyclic) bond motifs is 4. The van der Waals surface area contributed by atoms with Gasteiger partial charge in [0.1, 0.15) is 5.54 Å². The van der Waals surface area contributed by atoms with Gasteiger partial charge in [-0.15, -0.1) is 0 Å². The van der Waals surface area contributed by atoms with Crippen molar-refractivity contribution in [3.63, 3.8) is 0 Å². The van der Waals surface area contributed by atoms with Gasteiger partial charge in [0.25, 0.3) is 0 Å². The van der Waals surface area contributed by atoms with Gasteiger partial charge in [0, 0.05) is 30.3 Å². The zero-order valence-corrected chi connectivity index (χ0v) is 18.3. The van der Waals surface area contributed by atoms with E-state index in [-0.39, 0.29) is 30.7 Å². The van der Waals surface area contributed by atoms with E-state index in [0.717, 1.165) is 17.5 Å². The second kappa shape index (κ2) is 7.81. The van der Waals surface area contributed by atoms with Crippen molar-refractivity contribution in [3.8, 4) is 0 Å². The van der Waals surface area contributed by atoms with Crippen LogP contribution in [0.25, 0.3) is 0 Å². The molecule has 0 aliphatic carbocycles. The highest BCUT2D eigenvalue weighted by atomic mass is 16.2. The number of primary amides is 1. The van der Waals surface area contributed by atoms with Gasteiger partial charge in [-0.1, -0.05) is 49.4 Å². The number of hydrogen-bond acceptors (Lipinski definition) is 5. The molecule has 0 unspecified atom stereocenters. The molecular formula is C25H26N4O4. The number of anilines is 1. The molecule has 4 atom stereocenters. The van der Waals surface area contributed by atoms with Crippen LogP contribution in [0.15, 0.2) is 48.5 Å². The summed E-state index contributed by atoms with van der Waals surface area (Å²) < 4.78 is 0. The number of aryl methyl sites for hydroxylation is 1. The zero-order valence-electron chi connectivity index (χ0n) is 18.3. The van der Waals surface area contributed by atoms with Gasteiger partial charge in [-0.3, -0.25) is 29.4 Å². The molecule has 0 bridgehead atoms. The molecule has 1 spiro atoms. The van der Waals surface area contributed by atoms with Crippen LogP contribution in [0.2, 0.25) is 0 Å². The summed E-state index contributed by atoms with van der Waals surface area (Å²) >= 11 is 0. The van der Waals surface area contributed by atoms with Gasteiger partial charge in [0.05, 0.1) is 11.8 Å². The van der Waals surface area contributed by atoms with Crippen LogP contribution in [-0.2, 0) is 37.6 Å². The highest BCUT2D eigenvalue weighted by molar-refractivity contribution is 6.15. The van der Waals surface area contributed by atoms with Crippen molar-refractivity contribution in [1.82, 2.24) is 10.2 Å². The summed E-state index contributed by atoms with van der Waals surface area (Å²) in [6, 6.07) is 14.6. The van der Waals surface area contributed by atoms with Gasteiger partial charge in [0.15, 0.2) is 0 Å². The zero-order chi connectivity index (χ0) is 23.3. The number of imide groups is 1. The SMILES string of the molecule is CCc1ccc2c(c1)[C@@]1(N[C@@H](CC(N)=O)[C@H]3C(=O)N(CCc4ccccc4)C(=O)[C@@H]31)C(=O)N2. The van der Waals surface area contributed by atoms with Crippen molar-refractivity contribution >= 4 is 29.3 Å². The average molecular weight is 447 g/mol. The third kappa shape index (κ3) is 3.16. The lowest BCUT2D eigenvalue weighted by Crippen LogP contribution is -2.53. The predicted octanol–water partition coefficient (Wildman–Crippen LogP) is 1.09. The lowest BCUT2D eigenvalue weighted by Gasteiger charge is -2.29. The lowest BCUT2D eigenvalue weighted by molar-refractivity contribution is -0.142. The van der Waals surface area contributed by atoms with Crippen molar-refractivity contribution < 1.29 is 19.2 Å². The Kier molecular flexibility index (Phi) is 5.05. The van der Waals surface area contributed by atoms with Crippen LogP contribution in [0.4, 0.5) is 5.69 Å². The average Bonchev–Trinajstić information content (AvgIpc) is 3.37. The Bertz CT molecular complexity index is 1160. The molecule has 3 aliphatic rings. The van der Waals surface area contributed by atoms with Crippen LogP contribution in [0.5, 0.6) is 0 Å². The summed E-state index contributed by atoms with van der Waals surface area (Å²) in [6.07, 6.45) is 1.14. The van der Waals surface area contributed by atoms with Crippen molar-refractivity contribution in [2.24, 2.45) is 17.6 Å². The van der Waals surface area contributed by atoms with Gasteiger partial charge in [0.2, 0.25) is 23.6 Å². The third-order valence-corrected chi connectivity index (χ3v) is 7.17. The fraction of sp³-hybridized carbons (Fsp3) is 0.360. The molecule has 0 radical (unpaired) electrons. The minimum Gasteiger partial charge on any atom is -0.370 e. The number of nitrogens with one attached hydrogen (secondary N) is 2. The molecule has 5 rings (SSSR count). The van der Waals surface area contributed by atoms with E-state index < -0.39 is 29.3 Å². The summed E-state index contributed by atoms with van der Waals surface area (Å²) in [6.45, 7) is 2.23. The molecule has 8 heteroatoms. The van der Waals surface area contributed by atoms with Gasteiger partial charge in [-0.05, 0) is 30.0 Å². The van der Waals surface area contributed by atoms with Crippen LogP contribution in [0.3, 0.4) is 0 Å². The van der Waals surface area contributed by atoms with Crippen molar-refractivity contribution in [2.75, 3.05) is 11.9 Å². The van der Waals surface area contributed by atoms with Crippen LogP contribution in [0, 0.1) is 11.8 Å². The number of carbonyl (C=O) groups excluding carboxylic acids is 4. The maximum Gasteiger partial charge on any atom is 0.250 e. The number of amides is 4. The number of nitrogens with zero attached hydrogens (tertiary/aromatic N) is 1. The molecule has 0 saturated carbocycles. The Hall–Kier alpha value is -3.52. The Morgan fingerprint density at radius 3 is 2.52 bits per heavy atom. The van der Waals surface area contributed by atoms with Crippen LogP contribution < -0.4 is 16.4 Å². The fourth-order valence-electron chi connectivity index (χ4n) is 5.63. The highest BCUT2D eigenvalue weighted by Crippen LogP contribution is 2.53. The number of benzene rings is 2. The fourth-order valence-corrected chi connectivity index (χ4v) is 5.63. The molecule has 2 saturated heterocycles. The molecule has 3 aliphatic heterocycles. The lowest BCUT2D eigenvalue weighted by atomic mass is 9.76. The maximum atomic E-state index is 13.7. The molecule has 2 aromatic carbocycles. The first-order valence-electron chi connectivity index (χ1n) is 11.3. The Labute approximate surface area is 191 Å². The largest absolute Gasteiger partial charge is 0.370 e. The summed E-state index contributed by atoms with van der Waals surface area (Å²) in [5.74, 6) is -3.47. The van der Waals surface area contributed by atoms with E-state index in [4.69, 9.17) is 5.73 Å². The first-order chi connectivity index (χ1) is 15.9. The smallest absolute Gasteiger partial charge is 0.250 e. The molecule has 33 heavy (non-hydrogen) atoms. The van der Waals surface area contributed by atoms with E-state index >= 15 is 0 Å². The first-order valence-corrected chi connectivity index (χ1v) is 11.3. The second-order valence-electron chi connectivity index (χ2n) is 8.98. The molecule has 4 amide bonds. The first kappa shape index (κ1) is 21.3. The molecule has 4 N–H and O–H groups in total. The summed E-state index contributed by atoms with van der Waals surface area (Å²) in [5.41, 5.74) is 7.36. The monoisotopic (exact) mass is 446 g/mol. The molecule has 3 heterocycles. The Morgan fingerprint density at radius 2 is 1.82 bits per heavy atom. The Balaban J connectivity index is 1.56. The van der Waals surface area contributed by atoms with Gasteiger partial charge < -0.3 is 11.1 Å². The van der Waals surface area contributed by atoms with Gasteiger partial charge in [-0.2, -0.15) is 0 Å². The second-order valence-corrected chi connectivity index (χ2v) is 8.98. The van der Waals surface area contributed by atoms with E-state index in [0.29, 0.717) is 17.7 Å². The molecular weight excluding hydrogens is 420 g/mol. The summed E-state index contributed by atoms with van der Waals surface area (Å²) in [4.78, 5) is 53.6. The van der Waals surface area contributed by atoms with Crippen molar-refractivity contribution in [3.05, 3.63) is 65.2 Å². The number of nitrogens with two attached hydrogens (primary N) is 1. The van der Waals surface area contributed by atoms with E-state index in [1.807, 2.05) is 55.5 Å². The van der Waals surface area contributed by atoms with Crippen LogP contribution in [-0.4, -0.2) is 41.1 Å². The third-order valence-electron chi connectivity index (χ3n) is 7.17. The van der Waals surface area contributed by atoms with E-state index in [9.17, 15) is 19.2 Å². The molecule has 2 fully saturated rings. The summed E-state index contributed by atoms with van der Waals surface area (Å²) in [5, 5.41) is 6.11. The Morgan fingerprint density at radius 1 is 1.06 bits per heavy atom. The van der Waals surface area contributed by atoms with Crippen molar-refractivity contribution in [2.45, 2.75) is 37.8 Å². The summed E-state index contributed by atoms with van der Waals surface area (Å²) in [7, 11) is 0. The van der Waals surface area contributed by atoms with Crippen LogP contribution in [0.1, 0.15) is 30.0 Å². The predicted molar refractivity (Wildman–Crippen MR) is 121 cm³/mol. The maximum absolute atomic E-state index is 13.7. The number of hydrogen-bond donors (Lipinski definition) is 3. The topological polar surface area (TPSA) is 122 Å². The van der Waals surface area contributed by atoms with E-state index in [1.165, 1.54) is 4.90 Å². The van der Waals surface area contributed by atoms with Crippen LogP contribution >= 0.6 is 0 Å². The number of carbonyl (C=O) groups is 4. The van der Waals surface area contributed by atoms with E-state index in [2.05, 4.69) is 10.6 Å². The van der Waals surface area contributed by atoms with Gasteiger partial charge >= 0.3 is 0 Å². The number of likely N-dealkylation sites (tertiary alicyclic amines) is 1. The van der Waals surface area contributed by atoms with E-state index in [1.54, 1.807) is 0 Å². The molecule has 8 nitrogen and oxygen atoms in total.